The number of hydrogen-bond acceptors (Lipinski definition) is 4. The molecule has 1 N–H and O–H groups in total. The smallest absolute Gasteiger partial charge is 0.257 e. The molecular formula is C18H21NO4. The molecule has 2 aliphatic heterocycles. The molecule has 1 aromatic rings. The van der Waals surface area contributed by atoms with Crippen molar-refractivity contribution in [2.45, 2.75) is 38.8 Å². The van der Waals surface area contributed by atoms with Crippen molar-refractivity contribution in [3.63, 3.8) is 0 Å². The van der Waals surface area contributed by atoms with E-state index in [1.807, 2.05) is 30.3 Å². The van der Waals surface area contributed by atoms with Gasteiger partial charge in [-0.2, -0.15) is 0 Å². The van der Waals surface area contributed by atoms with E-state index in [-0.39, 0.29) is 5.91 Å². The predicted octanol–water partition coefficient (Wildman–Crippen LogP) is 2.73. The van der Waals surface area contributed by atoms with E-state index in [1.54, 1.807) is 17.9 Å². The highest BCUT2D eigenvalue weighted by molar-refractivity contribution is 6.05. The quantitative estimate of drug-likeness (QED) is 0.529. The van der Waals surface area contributed by atoms with Gasteiger partial charge in [0.2, 0.25) is 6.29 Å². The SMILES string of the molecule is CC1=CC(OC=C2CCCCN(c3ccccc3)C2=O)OC1O. The number of anilines is 1. The van der Waals surface area contributed by atoms with Crippen molar-refractivity contribution in [1.82, 2.24) is 0 Å². The fraction of sp³-hybridized carbons (Fsp3) is 0.389. The summed E-state index contributed by atoms with van der Waals surface area (Å²) in [5, 5.41) is 9.53. The van der Waals surface area contributed by atoms with Crippen LogP contribution < -0.4 is 4.90 Å². The molecule has 2 heterocycles. The molecular weight excluding hydrogens is 294 g/mol. The normalized spacial score (nSPS) is 27.0. The van der Waals surface area contributed by atoms with Crippen molar-refractivity contribution in [1.29, 1.82) is 0 Å². The summed E-state index contributed by atoms with van der Waals surface area (Å²) < 4.78 is 10.7. The minimum absolute atomic E-state index is 0.0343. The van der Waals surface area contributed by atoms with Crippen LogP contribution in [0.3, 0.4) is 0 Å². The zero-order valence-electron chi connectivity index (χ0n) is 13.1. The summed E-state index contributed by atoms with van der Waals surface area (Å²) in [6.07, 6.45) is 4.19. The van der Waals surface area contributed by atoms with E-state index in [0.29, 0.717) is 24.1 Å². The van der Waals surface area contributed by atoms with Gasteiger partial charge >= 0.3 is 0 Å². The minimum atomic E-state index is -0.927. The van der Waals surface area contributed by atoms with Crippen LogP contribution in [-0.2, 0) is 14.3 Å². The molecule has 1 saturated heterocycles. The maximum atomic E-state index is 12.8. The van der Waals surface area contributed by atoms with E-state index in [1.165, 1.54) is 6.26 Å². The van der Waals surface area contributed by atoms with E-state index in [4.69, 9.17) is 9.47 Å². The molecule has 0 aliphatic carbocycles. The van der Waals surface area contributed by atoms with Gasteiger partial charge in [0.1, 0.15) is 0 Å². The molecule has 0 aromatic heterocycles. The Bertz CT molecular complexity index is 623. The molecule has 1 aromatic carbocycles. The zero-order valence-corrected chi connectivity index (χ0v) is 13.1. The van der Waals surface area contributed by atoms with Gasteiger partial charge in [-0.3, -0.25) is 4.79 Å². The number of aliphatic hydroxyl groups is 1. The van der Waals surface area contributed by atoms with Crippen LogP contribution >= 0.6 is 0 Å². The van der Waals surface area contributed by atoms with Crippen LogP contribution in [0.2, 0.25) is 0 Å². The molecule has 2 aliphatic rings. The number of para-hydroxylation sites is 1. The van der Waals surface area contributed by atoms with Gasteiger partial charge in [-0.25, -0.2) is 0 Å². The molecule has 2 atom stereocenters. The Labute approximate surface area is 135 Å². The van der Waals surface area contributed by atoms with E-state index in [0.717, 1.165) is 18.5 Å². The molecule has 5 heteroatoms. The van der Waals surface area contributed by atoms with Crippen molar-refractivity contribution < 1.29 is 19.4 Å². The van der Waals surface area contributed by atoms with Crippen LogP contribution in [0.25, 0.3) is 0 Å². The topological polar surface area (TPSA) is 59.0 Å². The molecule has 0 bridgehead atoms. The lowest BCUT2D eigenvalue weighted by Crippen LogP contribution is -2.31. The second-order valence-corrected chi connectivity index (χ2v) is 5.80. The first-order valence-corrected chi connectivity index (χ1v) is 7.88. The first-order chi connectivity index (χ1) is 11.1. The predicted molar refractivity (Wildman–Crippen MR) is 86.5 cm³/mol. The number of hydrogen-bond donors (Lipinski definition) is 1. The Morgan fingerprint density at radius 2 is 2.09 bits per heavy atom. The fourth-order valence-corrected chi connectivity index (χ4v) is 2.72. The summed E-state index contributed by atoms with van der Waals surface area (Å²) >= 11 is 0. The third kappa shape index (κ3) is 3.63. The van der Waals surface area contributed by atoms with Gasteiger partial charge in [0.25, 0.3) is 5.91 Å². The van der Waals surface area contributed by atoms with Crippen LogP contribution in [-0.4, -0.2) is 30.1 Å². The van der Waals surface area contributed by atoms with Crippen molar-refractivity contribution in [2.75, 3.05) is 11.4 Å². The van der Waals surface area contributed by atoms with E-state index in [9.17, 15) is 9.90 Å². The van der Waals surface area contributed by atoms with Crippen LogP contribution in [0.15, 0.2) is 53.8 Å². The van der Waals surface area contributed by atoms with Crippen LogP contribution in [0, 0.1) is 0 Å². The molecule has 122 valence electrons. The Balaban J connectivity index is 1.73. The summed E-state index contributed by atoms with van der Waals surface area (Å²) in [4.78, 5) is 14.5. The Kier molecular flexibility index (Phi) is 4.79. The summed E-state index contributed by atoms with van der Waals surface area (Å²) in [5.74, 6) is -0.0343. The molecule has 0 spiro atoms. The van der Waals surface area contributed by atoms with Gasteiger partial charge in [0, 0.05) is 12.2 Å². The molecule has 2 unspecified atom stereocenters. The molecule has 23 heavy (non-hydrogen) atoms. The van der Waals surface area contributed by atoms with Gasteiger partial charge in [-0.15, -0.1) is 0 Å². The van der Waals surface area contributed by atoms with Crippen LogP contribution in [0.5, 0.6) is 0 Å². The molecule has 1 fully saturated rings. The maximum Gasteiger partial charge on any atom is 0.257 e. The van der Waals surface area contributed by atoms with Gasteiger partial charge in [0.05, 0.1) is 11.8 Å². The van der Waals surface area contributed by atoms with Crippen molar-refractivity contribution in [3.05, 3.63) is 53.8 Å². The monoisotopic (exact) mass is 315 g/mol. The summed E-state index contributed by atoms with van der Waals surface area (Å²) in [5.41, 5.74) is 2.24. The standard InChI is InChI=1S/C18H21NO4/c1-13-11-16(23-18(13)21)22-12-14-7-5-6-10-19(17(14)20)15-8-3-2-4-9-15/h2-4,8-9,11-12,16,18,21H,5-7,10H2,1H3. The van der Waals surface area contributed by atoms with Crippen molar-refractivity contribution in [2.24, 2.45) is 0 Å². The second kappa shape index (κ2) is 6.98. The highest BCUT2D eigenvalue weighted by Gasteiger charge is 2.25. The van der Waals surface area contributed by atoms with E-state index >= 15 is 0 Å². The minimum Gasteiger partial charge on any atom is -0.468 e. The molecule has 0 radical (unpaired) electrons. The van der Waals surface area contributed by atoms with E-state index < -0.39 is 12.6 Å². The lowest BCUT2D eigenvalue weighted by Gasteiger charge is -2.21. The average molecular weight is 315 g/mol. The molecule has 3 rings (SSSR count). The maximum absolute atomic E-state index is 12.8. The third-order valence-corrected chi connectivity index (χ3v) is 4.06. The Morgan fingerprint density at radius 1 is 1.30 bits per heavy atom. The highest BCUT2D eigenvalue weighted by Crippen LogP contribution is 2.24. The largest absolute Gasteiger partial charge is 0.468 e. The number of rotatable bonds is 3. The van der Waals surface area contributed by atoms with Gasteiger partial charge in [0.15, 0.2) is 6.29 Å². The molecule has 1 amide bonds. The number of carbonyl (C=O) groups is 1. The summed E-state index contributed by atoms with van der Waals surface area (Å²) in [7, 11) is 0. The van der Waals surface area contributed by atoms with Gasteiger partial charge in [-0.05, 0) is 50.0 Å². The second-order valence-electron chi connectivity index (χ2n) is 5.80. The van der Waals surface area contributed by atoms with E-state index in [2.05, 4.69) is 0 Å². The molecule has 0 saturated carbocycles. The lowest BCUT2D eigenvalue weighted by molar-refractivity contribution is -0.154. The average Bonchev–Trinajstić information content (AvgIpc) is 2.77. The number of amides is 1. The number of nitrogens with zero attached hydrogens (tertiary/aromatic N) is 1. The van der Waals surface area contributed by atoms with Gasteiger partial charge in [-0.1, -0.05) is 18.2 Å². The first-order valence-electron chi connectivity index (χ1n) is 7.88. The molecule has 5 nitrogen and oxygen atoms in total. The number of carbonyl (C=O) groups excluding carboxylic acids is 1. The van der Waals surface area contributed by atoms with Crippen molar-refractivity contribution >= 4 is 11.6 Å². The van der Waals surface area contributed by atoms with Crippen LogP contribution in [0.1, 0.15) is 26.2 Å². The Hall–Kier alpha value is -2.11. The summed E-state index contributed by atoms with van der Waals surface area (Å²) in [6, 6.07) is 9.65. The number of aliphatic hydroxyl groups excluding tert-OH is 1. The highest BCUT2D eigenvalue weighted by atomic mass is 16.7. The number of ether oxygens (including phenoxy) is 2. The van der Waals surface area contributed by atoms with Crippen molar-refractivity contribution in [3.8, 4) is 0 Å². The zero-order chi connectivity index (χ0) is 16.2. The first kappa shape index (κ1) is 15.8. The summed E-state index contributed by atoms with van der Waals surface area (Å²) in [6.45, 7) is 2.48. The third-order valence-electron chi connectivity index (χ3n) is 4.06. The number of benzene rings is 1. The lowest BCUT2D eigenvalue weighted by atomic mass is 10.1. The van der Waals surface area contributed by atoms with Gasteiger partial charge < -0.3 is 19.5 Å². The van der Waals surface area contributed by atoms with Crippen LogP contribution in [0.4, 0.5) is 5.69 Å². The fourth-order valence-electron chi connectivity index (χ4n) is 2.72. The Morgan fingerprint density at radius 3 is 2.78 bits per heavy atom.